The maximum Gasteiger partial charge on any atom is 0.410 e. The van der Waals surface area contributed by atoms with Crippen molar-refractivity contribution in [3.05, 3.63) is 89.5 Å². The monoisotopic (exact) mass is 833 g/mol. The summed E-state index contributed by atoms with van der Waals surface area (Å²) in [4.78, 5) is 73.4. The average Bonchev–Trinajstić information content (AvgIpc) is 3.77. The predicted octanol–water partition coefficient (Wildman–Crippen LogP) is 8.30. The molecule has 2 fully saturated rings. The van der Waals surface area contributed by atoms with Gasteiger partial charge in [-0.3, -0.25) is 14.4 Å². The topological polar surface area (TPSA) is 171 Å². The van der Waals surface area contributed by atoms with Crippen molar-refractivity contribution >= 4 is 41.3 Å². The molecule has 2 heterocycles. The second kappa shape index (κ2) is 19.6. The molecule has 1 aliphatic carbocycles. The van der Waals surface area contributed by atoms with Gasteiger partial charge in [0.1, 0.15) is 17.0 Å². The van der Waals surface area contributed by atoms with Gasteiger partial charge in [0.05, 0.1) is 0 Å². The lowest BCUT2D eigenvalue weighted by atomic mass is 9.77. The fourth-order valence-corrected chi connectivity index (χ4v) is 7.75. The molecule has 2 aliphatic heterocycles. The van der Waals surface area contributed by atoms with Gasteiger partial charge in [0.25, 0.3) is 5.91 Å². The molecule has 324 valence electrons. The molecule has 1 saturated carbocycles. The molecule has 61 heavy (non-hydrogen) atoms. The number of anilines is 1. The molecule has 0 spiro atoms. The summed E-state index contributed by atoms with van der Waals surface area (Å²) >= 11 is 0. The van der Waals surface area contributed by atoms with Crippen molar-refractivity contribution in [2.45, 2.75) is 91.3 Å². The van der Waals surface area contributed by atoms with Gasteiger partial charge in [0.2, 0.25) is 5.91 Å². The first-order chi connectivity index (χ1) is 29.0. The van der Waals surface area contributed by atoms with E-state index in [4.69, 9.17) is 9.47 Å². The van der Waals surface area contributed by atoms with E-state index in [1.54, 1.807) is 21.9 Å². The standard InChI is InChI=1S/C47H59N7O7/c1-46(2,3)60-44(58)48-29-32-9-13-35(14-10-32)40(55)28-38(42(56)51-39-21-19-36(20-22-39)41-49-30-50-52-41)27-31-7-11-33(12-8-31)34-15-17-37(18-16-34)43(57)53-23-25-54(26-24-53)45(59)61-47(4,5)6/h7-8,11-12,15-22,32,35,38H,9-10,13-14,23-30H2,1-6H3,(H,48,58)(H,51,56)/t32?,35?,38-/m1/s1. The van der Waals surface area contributed by atoms with Crippen LogP contribution in [-0.4, -0.2) is 96.0 Å². The number of nitrogens with one attached hydrogen (secondary N) is 2. The van der Waals surface area contributed by atoms with Gasteiger partial charge in [-0.25, -0.2) is 14.6 Å². The first-order valence-electron chi connectivity index (χ1n) is 21.3. The lowest BCUT2D eigenvalue weighted by Gasteiger charge is -2.35. The molecule has 2 N–H and O–H groups in total. The number of alkyl carbamates (subject to hydrolysis) is 1. The minimum absolute atomic E-state index is 0.0785. The molecule has 3 aliphatic rings. The van der Waals surface area contributed by atoms with E-state index < -0.39 is 23.2 Å². The second-order valence-electron chi connectivity index (χ2n) is 18.1. The fraction of sp³-hybridized carbons (Fsp3) is 0.489. The Balaban J connectivity index is 1.07. The van der Waals surface area contributed by atoms with Gasteiger partial charge in [-0.15, -0.1) is 5.11 Å². The van der Waals surface area contributed by atoms with Gasteiger partial charge in [-0.1, -0.05) is 36.4 Å². The van der Waals surface area contributed by atoms with Gasteiger partial charge in [0, 0.05) is 67.8 Å². The maximum atomic E-state index is 13.9. The van der Waals surface area contributed by atoms with E-state index in [9.17, 15) is 24.0 Å². The number of carbonyl (C=O) groups is 5. The van der Waals surface area contributed by atoms with Crippen molar-refractivity contribution in [3.8, 4) is 11.1 Å². The third-order valence-corrected chi connectivity index (χ3v) is 11.0. The van der Waals surface area contributed by atoms with Crippen LogP contribution in [0, 0.1) is 17.8 Å². The quantitative estimate of drug-likeness (QED) is 0.185. The highest BCUT2D eigenvalue weighted by molar-refractivity contribution is 6.01. The molecule has 4 amide bonds. The Morgan fingerprint density at radius 2 is 1.30 bits per heavy atom. The summed E-state index contributed by atoms with van der Waals surface area (Å²) in [5.74, 6) is -0.171. The third kappa shape index (κ3) is 13.0. The van der Waals surface area contributed by atoms with Crippen molar-refractivity contribution in [2.75, 3.05) is 44.7 Å². The Morgan fingerprint density at radius 3 is 1.87 bits per heavy atom. The third-order valence-electron chi connectivity index (χ3n) is 11.0. The Labute approximate surface area is 358 Å². The van der Waals surface area contributed by atoms with Gasteiger partial charge in [-0.2, -0.15) is 5.11 Å². The van der Waals surface area contributed by atoms with Crippen LogP contribution in [-0.2, 0) is 25.5 Å². The minimum Gasteiger partial charge on any atom is -0.444 e. The number of benzene rings is 3. The number of ketones is 1. The largest absolute Gasteiger partial charge is 0.444 e. The Hall–Kier alpha value is -5.92. The minimum atomic E-state index is -0.603. The summed E-state index contributed by atoms with van der Waals surface area (Å²) in [6.07, 6.45) is 2.72. The summed E-state index contributed by atoms with van der Waals surface area (Å²) in [6.45, 7) is 13.5. The molecule has 14 heteroatoms. The number of amidine groups is 1. The molecule has 3 aromatic carbocycles. The van der Waals surface area contributed by atoms with Crippen molar-refractivity contribution in [2.24, 2.45) is 33.0 Å². The fourth-order valence-electron chi connectivity index (χ4n) is 7.75. The Kier molecular flexibility index (Phi) is 14.4. The van der Waals surface area contributed by atoms with Crippen LogP contribution in [0.5, 0.6) is 0 Å². The predicted molar refractivity (Wildman–Crippen MR) is 233 cm³/mol. The Bertz CT molecular complexity index is 2090. The summed E-state index contributed by atoms with van der Waals surface area (Å²) in [7, 11) is 0. The molecule has 0 unspecified atom stereocenters. The van der Waals surface area contributed by atoms with Crippen LogP contribution >= 0.6 is 0 Å². The first-order valence-corrected chi connectivity index (χ1v) is 21.3. The van der Waals surface area contributed by atoms with Crippen molar-refractivity contribution in [1.82, 2.24) is 15.1 Å². The number of rotatable bonds is 12. The summed E-state index contributed by atoms with van der Waals surface area (Å²) in [5, 5.41) is 13.9. The number of nitrogens with zero attached hydrogens (tertiary/aromatic N) is 5. The molecule has 6 rings (SSSR count). The maximum absolute atomic E-state index is 13.9. The lowest BCUT2D eigenvalue weighted by molar-refractivity contribution is -0.129. The van der Waals surface area contributed by atoms with E-state index in [0.29, 0.717) is 75.7 Å². The molecule has 1 atom stereocenters. The summed E-state index contributed by atoms with van der Waals surface area (Å²) < 4.78 is 10.9. The van der Waals surface area contributed by atoms with E-state index in [-0.39, 0.29) is 41.9 Å². The number of amides is 4. The average molecular weight is 834 g/mol. The van der Waals surface area contributed by atoms with E-state index in [2.05, 4.69) is 25.9 Å². The van der Waals surface area contributed by atoms with Crippen LogP contribution < -0.4 is 10.6 Å². The van der Waals surface area contributed by atoms with Crippen molar-refractivity contribution < 1.29 is 33.4 Å². The molecular formula is C47H59N7O7. The number of azo groups is 1. The normalized spacial score (nSPS) is 18.5. The van der Waals surface area contributed by atoms with Gasteiger partial charge < -0.3 is 29.9 Å². The number of Topliss-reactive ketones (excluding diaryl/α,β-unsaturated/α-hetero) is 1. The number of ether oxygens (including phenoxy) is 2. The first kappa shape index (κ1) is 44.6. The molecular weight excluding hydrogens is 775 g/mol. The smallest absolute Gasteiger partial charge is 0.410 e. The SMILES string of the molecule is CC(C)(C)OC(=O)NCC1CCC(C(=O)C[C@@H](Cc2ccc(-c3ccc(C(=O)N4CCN(C(=O)OC(C)(C)C)CC4)cc3)cc2)C(=O)Nc2ccc(C3=NCN=N3)cc2)CC1. The van der Waals surface area contributed by atoms with Crippen molar-refractivity contribution in [1.29, 1.82) is 0 Å². The molecule has 14 nitrogen and oxygen atoms in total. The van der Waals surface area contributed by atoms with E-state index in [1.807, 2.05) is 102 Å². The van der Waals surface area contributed by atoms with E-state index >= 15 is 0 Å². The van der Waals surface area contributed by atoms with Crippen LogP contribution in [0.15, 0.2) is 88.0 Å². The zero-order valence-corrected chi connectivity index (χ0v) is 36.2. The zero-order valence-electron chi connectivity index (χ0n) is 36.2. The highest BCUT2D eigenvalue weighted by Crippen LogP contribution is 2.32. The van der Waals surface area contributed by atoms with Gasteiger partial charge in [-0.05, 0) is 133 Å². The second-order valence-corrected chi connectivity index (χ2v) is 18.1. The zero-order chi connectivity index (χ0) is 43.7. The number of piperazine rings is 1. The molecule has 0 radical (unpaired) electrons. The van der Waals surface area contributed by atoms with Crippen LogP contribution in [0.2, 0.25) is 0 Å². The highest BCUT2D eigenvalue weighted by Gasteiger charge is 2.32. The van der Waals surface area contributed by atoms with E-state index in [0.717, 1.165) is 35.1 Å². The summed E-state index contributed by atoms with van der Waals surface area (Å²) in [6, 6.07) is 22.7. The van der Waals surface area contributed by atoms with Crippen LogP contribution in [0.4, 0.5) is 15.3 Å². The summed E-state index contributed by atoms with van der Waals surface area (Å²) in [5.41, 5.74) is 3.66. The van der Waals surface area contributed by atoms with Gasteiger partial charge in [0.15, 0.2) is 12.5 Å². The van der Waals surface area contributed by atoms with Crippen LogP contribution in [0.1, 0.15) is 95.1 Å². The van der Waals surface area contributed by atoms with Gasteiger partial charge >= 0.3 is 12.2 Å². The lowest BCUT2D eigenvalue weighted by Crippen LogP contribution is -2.51. The van der Waals surface area contributed by atoms with Crippen molar-refractivity contribution in [3.63, 3.8) is 0 Å². The molecule has 0 bridgehead atoms. The number of hydrogen-bond donors (Lipinski definition) is 2. The molecule has 0 aromatic heterocycles. The number of aliphatic imine (C=N–C) groups is 1. The Morgan fingerprint density at radius 1 is 0.721 bits per heavy atom. The molecule has 3 aromatic rings. The number of carbonyl (C=O) groups excluding carboxylic acids is 5. The number of hydrogen-bond acceptors (Lipinski definition) is 10. The highest BCUT2D eigenvalue weighted by atomic mass is 16.6. The van der Waals surface area contributed by atoms with Crippen LogP contribution in [0.25, 0.3) is 11.1 Å². The van der Waals surface area contributed by atoms with Crippen LogP contribution in [0.3, 0.4) is 0 Å². The molecule has 1 saturated heterocycles. The van der Waals surface area contributed by atoms with E-state index in [1.165, 1.54) is 0 Å².